The smallest absolute Gasteiger partial charge is 0.257 e. The van der Waals surface area contributed by atoms with Crippen LogP contribution in [0.15, 0.2) is 18.3 Å². The van der Waals surface area contributed by atoms with Gasteiger partial charge < -0.3 is 5.73 Å². The molecular weight excluding hydrogens is 226 g/mol. The molecule has 0 aromatic carbocycles. The number of amides is 1. The van der Waals surface area contributed by atoms with Crippen LogP contribution in [-0.2, 0) is 0 Å². The second-order valence-corrected chi connectivity index (χ2v) is 4.23. The predicted molar refractivity (Wildman–Crippen MR) is 61.2 cm³/mol. The number of hydrogen-bond acceptors (Lipinski definition) is 6. The zero-order chi connectivity index (χ0) is 11.5. The summed E-state index contributed by atoms with van der Waals surface area (Å²) < 4.78 is 0. The molecular formula is C9H9N5OS. The van der Waals surface area contributed by atoms with Gasteiger partial charge in [-0.1, -0.05) is 11.3 Å². The van der Waals surface area contributed by atoms with Crippen LogP contribution in [0.25, 0.3) is 0 Å². The van der Waals surface area contributed by atoms with Crippen LogP contribution < -0.4 is 11.1 Å². The molecule has 0 bridgehead atoms. The fourth-order valence-electron chi connectivity index (χ4n) is 1.11. The predicted octanol–water partition coefficient (Wildman–Crippen LogP) is 1.08. The van der Waals surface area contributed by atoms with Gasteiger partial charge in [0.1, 0.15) is 10.8 Å². The summed E-state index contributed by atoms with van der Waals surface area (Å²) in [4.78, 5) is 15.5. The summed E-state index contributed by atoms with van der Waals surface area (Å²) in [5, 5.41) is 11.5. The summed E-state index contributed by atoms with van der Waals surface area (Å²) in [6.45, 7) is 1.82. The quantitative estimate of drug-likeness (QED) is 0.812. The fourth-order valence-corrected chi connectivity index (χ4v) is 1.69. The first-order chi connectivity index (χ1) is 7.65. The maximum absolute atomic E-state index is 11.7. The molecule has 0 saturated carbocycles. The second kappa shape index (κ2) is 4.23. The van der Waals surface area contributed by atoms with Crippen molar-refractivity contribution in [2.24, 2.45) is 0 Å². The number of hydrogen-bond donors (Lipinski definition) is 2. The lowest BCUT2D eigenvalue weighted by Crippen LogP contribution is -2.12. The standard InChI is InChI=1S/C9H9N5OS/c1-5-13-14-9(16-5)12-8(15)6-2-3-11-7(10)4-6/h2-4H,1H3,(H2,10,11)(H,12,14,15). The van der Waals surface area contributed by atoms with Crippen LogP contribution in [-0.4, -0.2) is 21.1 Å². The van der Waals surface area contributed by atoms with E-state index >= 15 is 0 Å². The van der Waals surface area contributed by atoms with Gasteiger partial charge in [0.05, 0.1) is 0 Å². The number of nitrogen functional groups attached to an aromatic ring is 1. The monoisotopic (exact) mass is 235 g/mol. The molecule has 0 saturated heterocycles. The van der Waals surface area contributed by atoms with E-state index in [1.807, 2.05) is 6.92 Å². The number of aryl methyl sites for hydroxylation is 1. The van der Waals surface area contributed by atoms with E-state index in [0.717, 1.165) is 5.01 Å². The van der Waals surface area contributed by atoms with E-state index < -0.39 is 0 Å². The number of carbonyl (C=O) groups excluding carboxylic acids is 1. The molecule has 7 heteroatoms. The van der Waals surface area contributed by atoms with E-state index in [4.69, 9.17) is 5.73 Å². The summed E-state index contributed by atoms with van der Waals surface area (Å²) in [6.07, 6.45) is 1.48. The number of rotatable bonds is 2. The lowest BCUT2D eigenvalue weighted by atomic mass is 10.2. The third-order valence-electron chi connectivity index (χ3n) is 1.79. The van der Waals surface area contributed by atoms with E-state index in [0.29, 0.717) is 16.5 Å². The highest BCUT2D eigenvalue weighted by atomic mass is 32.1. The Morgan fingerprint density at radius 3 is 2.94 bits per heavy atom. The van der Waals surface area contributed by atoms with Crippen LogP contribution in [0.5, 0.6) is 0 Å². The van der Waals surface area contributed by atoms with Gasteiger partial charge in [-0.3, -0.25) is 10.1 Å². The number of pyridine rings is 1. The first-order valence-electron chi connectivity index (χ1n) is 4.48. The van der Waals surface area contributed by atoms with Gasteiger partial charge in [0.25, 0.3) is 5.91 Å². The molecule has 0 radical (unpaired) electrons. The molecule has 0 aliphatic carbocycles. The van der Waals surface area contributed by atoms with E-state index in [2.05, 4.69) is 20.5 Å². The molecule has 0 aliphatic heterocycles. The lowest BCUT2D eigenvalue weighted by molar-refractivity contribution is 0.102. The molecule has 3 N–H and O–H groups in total. The van der Waals surface area contributed by atoms with Crippen molar-refractivity contribution in [2.45, 2.75) is 6.92 Å². The Labute approximate surface area is 95.5 Å². The number of nitrogens with zero attached hydrogens (tertiary/aromatic N) is 3. The van der Waals surface area contributed by atoms with Gasteiger partial charge in [0.2, 0.25) is 5.13 Å². The van der Waals surface area contributed by atoms with Gasteiger partial charge in [-0.15, -0.1) is 10.2 Å². The van der Waals surface area contributed by atoms with Crippen LogP contribution in [0.3, 0.4) is 0 Å². The van der Waals surface area contributed by atoms with Crippen molar-refractivity contribution in [1.82, 2.24) is 15.2 Å². The number of nitrogens with one attached hydrogen (secondary N) is 1. The highest BCUT2D eigenvalue weighted by molar-refractivity contribution is 7.15. The zero-order valence-corrected chi connectivity index (χ0v) is 9.28. The van der Waals surface area contributed by atoms with Gasteiger partial charge in [-0.05, 0) is 19.1 Å². The van der Waals surface area contributed by atoms with Gasteiger partial charge in [-0.2, -0.15) is 0 Å². The van der Waals surface area contributed by atoms with Gasteiger partial charge in [0.15, 0.2) is 0 Å². The summed E-state index contributed by atoms with van der Waals surface area (Å²) in [6, 6.07) is 3.09. The maximum atomic E-state index is 11.7. The molecule has 2 rings (SSSR count). The van der Waals surface area contributed by atoms with E-state index in [-0.39, 0.29) is 5.91 Å². The average Bonchev–Trinajstić information content (AvgIpc) is 2.64. The molecule has 0 aliphatic rings. The first kappa shape index (κ1) is 10.5. The van der Waals surface area contributed by atoms with Gasteiger partial charge in [-0.25, -0.2) is 4.98 Å². The molecule has 0 unspecified atom stereocenters. The Hall–Kier alpha value is -2.02. The van der Waals surface area contributed by atoms with Crippen molar-refractivity contribution in [2.75, 3.05) is 11.1 Å². The van der Waals surface area contributed by atoms with E-state index in [1.54, 1.807) is 6.07 Å². The van der Waals surface area contributed by atoms with Crippen LogP contribution in [0.1, 0.15) is 15.4 Å². The van der Waals surface area contributed by atoms with Gasteiger partial charge in [0, 0.05) is 11.8 Å². The molecule has 82 valence electrons. The summed E-state index contributed by atoms with van der Waals surface area (Å²) in [5.41, 5.74) is 5.92. The van der Waals surface area contributed by atoms with Crippen molar-refractivity contribution in [3.63, 3.8) is 0 Å². The molecule has 0 atom stereocenters. The minimum atomic E-state index is -0.273. The SMILES string of the molecule is Cc1nnc(NC(=O)c2ccnc(N)c2)s1. The molecule has 2 heterocycles. The highest BCUT2D eigenvalue weighted by Crippen LogP contribution is 2.15. The summed E-state index contributed by atoms with van der Waals surface area (Å²) in [5.74, 6) is 0.0337. The lowest BCUT2D eigenvalue weighted by Gasteiger charge is -2.00. The van der Waals surface area contributed by atoms with E-state index in [9.17, 15) is 4.79 Å². The average molecular weight is 235 g/mol. The minimum absolute atomic E-state index is 0.273. The van der Waals surface area contributed by atoms with Crippen molar-refractivity contribution >= 4 is 28.2 Å². The number of anilines is 2. The number of aromatic nitrogens is 3. The van der Waals surface area contributed by atoms with E-state index in [1.165, 1.54) is 23.6 Å². The number of carbonyl (C=O) groups is 1. The molecule has 6 nitrogen and oxygen atoms in total. The Morgan fingerprint density at radius 1 is 1.50 bits per heavy atom. The largest absolute Gasteiger partial charge is 0.384 e. The van der Waals surface area contributed by atoms with Gasteiger partial charge >= 0.3 is 0 Å². The minimum Gasteiger partial charge on any atom is -0.384 e. The number of nitrogens with two attached hydrogens (primary N) is 1. The van der Waals surface area contributed by atoms with Crippen LogP contribution >= 0.6 is 11.3 Å². The highest BCUT2D eigenvalue weighted by Gasteiger charge is 2.09. The fraction of sp³-hybridized carbons (Fsp3) is 0.111. The third kappa shape index (κ3) is 2.31. The normalized spacial score (nSPS) is 10.1. The topological polar surface area (TPSA) is 93.8 Å². The molecule has 2 aromatic heterocycles. The Balaban J connectivity index is 2.14. The Bertz CT molecular complexity index is 524. The van der Waals surface area contributed by atoms with Crippen molar-refractivity contribution < 1.29 is 4.79 Å². The van der Waals surface area contributed by atoms with Crippen LogP contribution in [0.4, 0.5) is 10.9 Å². The Morgan fingerprint density at radius 2 is 2.31 bits per heavy atom. The van der Waals surface area contributed by atoms with Crippen LogP contribution in [0, 0.1) is 6.92 Å². The molecule has 1 amide bonds. The molecule has 16 heavy (non-hydrogen) atoms. The molecule has 2 aromatic rings. The van der Waals surface area contributed by atoms with Crippen molar-refractivity contribution in [3.8, 4) is 0 Å². The Kier molecular flexibility index (Phi) is 2.78. The molecule has 0 fully saturated rings. The first-order valence-corrected chi connectivity index (χ1v) is 5.30. The van der Waals surface area contributed by atoms with Crippen molar-refractivity contribution in [3.05, 3.63) is 28.9 Å². The summed E-state index contributed by atoms with van der Waals surface area (Å²) in [7, 11) is 0. The zero-order valence-electron chi connectivity index (χ0n) is 8.47. The third-order valence-corrected chi connectivity index (χ3v) is 2.54. The van der Waals surface area contributed by atoms with Crippen LogP contribution in [0.2, 0.25) is 0 Å². The maximum Gasteiger partial charge on any atom is 0.257 e. The summed E-state index contributed by atoms with van der Waals surface area (Å²) >= 11 is 1.31. The van der Waals surface area contributed by atoms with Crippen molar-refractivity contribution in [1.29, 1.82) is 0 Å². The second-order valence-electron chi connectivity index (χ2n) is 3.05. The molecule has 0 spiro atoms.